The van der Waals surface area contributed by atoms with E-state index < -0.39 is 0 Å². The molecule has 1 aromatic carbocycles. The molecule has 0 N–H and O–H groups in total. The molecule has 5 heteroatoms. The van der Waals surface area contributed by atoms with Crippen LogP contribution in [0.25, 0.3) is 11.0 Å². The molecular weight excluding hydrogens is 260 g/mol. The highest BCUT2D eigenvalue weighted by molar-refractivity contribution is 8.14. The minimum Gasteiger partial charge on any atom is -0.422 e. The molecule has 1 aliphatic heterocycles. The highest BCUT2D eigenvalue weighted by Crippen LogP contribution is 2.16. The van der Waals surface area contributed by atoms with E-state index in [0.717, 1.165) is 22.9 Å². The fraction of sp³-hybridized carbons (Fsp3) is 0.214. The third-order valence-electron chi connectivity index (χ3n) is 2.86. The summed E-state index contributed by atoms with van der Waals surface area (Å²) in [5.74, 6) is 0.957. The predicted octanol–water partition coefficient (Wildman–Crippen LogP) is 2.70. The number of rotatable bonds is 1. The monoisotopic (exact) mass is 272 g/mol. The van der Waals surface area contributed by atoms with Crippen LogP contribution in [0.5, 0.6) is 0 Å². The smallest absolute Gasteiger partial charge is 0.345 e. The maximum absolute atomic E-state index is 12.0. The van der Waals surface area contributed by atoms with Crippen LogP contribution in [0, 0.1) is 0 Å². The number of thioether (sulfide) groups is 1. The molecule has 0 radical (unpaired) electrons. The first-order valence-electron chi connectivity index (χ1n) is 6.00. The number of amidine groups is 1. The zero-order valence-corrected chi connectivity index (χ0v) is 11.2. The van der Waals surface area contributed by atoms with Crippen LogP contribution in [0.4, 0.5) is 0 Å². The van der Waals surface area contributed by atoms with Crippen molar-refractivity contribution >= 4 is 33.6 Å². The van der Waals surface area contributed by atoms with E-state index in [9.17, 15) is 4.79 Å². The number of aliphatic imine (C=N–C) groups is 2. The van der Waals surface area contributed by atoms with Crippen molar-refractivity contribution in [1.82, 2.24) is 0 Å². The van der Waals surface area contributed by atoms with E-state index in [1.165, 1.54) is 0 Å². The number of hydrogen-bond acceptors (Lipinski definition) is 5. The normalized spacial score (nSPS) is 15.8. The molecule has 2 heterocycles. The number of para-hydroxylation sites is 1. The van der Waals surface area contributed by atoms with E-state index in [1.54, 1.807) is 17.8 Å². The lowest BCUT2D eigenvalue weighted by atomic mass is 10.1. The van der Waals surface area contributed by atoms with Gasteiger partial charge in [-0.15, -0.1) is 0 Å². The molecule has 0 saturated heterocycles. The second-order valence-electron chi connectivity index (χ2n) is 4.20. The Morgan fingerprint density at radius 2 is 2.26 bits per heavy atom. The van der Waals surface area contributed by atoms with Crippen LogP contribution < -0.4 is 5.63 Å². The molecule has 4 nitrogen and oxygen atoms in total. The minimum absolute atomic E-state index is 0.358. The molecule has 3 rings (SSSR count). The van der Waals surface area contributed by atoms with Gasteiger partial charge in [-0.2, -0.15) is 0 Å². The molecule has 0 saturated carbocycles. The van der Waals surface area contributed by atoms with Crippen LogP contribution in [-0.4, -0.2) is 23.2 Å². The Hall–Kier alpha value is -1.88. The fourth-order valence-corrected chi connectivity index (χ4v) is 2.66. The Morgan fingerprint density at radius 3 is 3.05 bits per heavy atom. The second kappa shape index (κ2) is 5.01. The van der Waals surface area contributed by atoms with Gasteiger partial charge in [0.25, 0.3) is 0 Å². The van der Waals surface area contributed by atoms with Crippen molar-refractivity contribution in [3.05, 3.63) is 46.3 Å². The number of benzene rings is 1. The molecule has 0 bridgehead atoms. The third-order valence-corrected chi connectivity index (χ3v) is 3.73. The highest BCUT2D eigenvalue weighted by Gasteiger charge is 2.11. The van der Waals surface area contributed by atoms with Crippen molar-refractivity contribution in [3.8, 4) is 0 Å². The van der Waals surface area contributed by atoms with Gasteiger partial charge in [0, 0.05) is 11.1 Å². The van der Waals surface area contributed by atoms with Gasteiger partial charge in [-0.1, -0.05) is 30.0 Å². The van der Waals surface area contributed by atoms with Crippen LogP contribution in [-0.2, 0) is 0 Å². The summed E-state index contributed by atoms with van der Waals surface area (Å²) in [5, 5.41) is 1.64. The molecule has 0 amide bonds. The van der Waals surface area contributed by atoms with Crippen molar-refractivity contribution in [2.24, 2.45) is 9.98 Å². The molecule has 1 aromatic heterocycles. The summed E-state index contributed by atoms with van der Waals surface area (Å²) >= 11 is 1.60. The average Bonchev–Trinajstić information content (AvgIpc) is 2.90. The summed E-state index contributed by atoms with van der Waals surface area (Å²) < 4.78 is 5.30. The highest BCUT2D eigenvalue weighted by atomic mass is 32.2. The van der Waals surface area contributed by atoms with E-state index in [2.05, 4.69) is 9.98 Å². The first-order chi connectivity index (χ1) is 9.24. The van der Waals surface area contributed by atoms with Crippen LogP contribution in [0.15, 0.2) is 49.5 Å². The van der Waals surface area contributed by atoms with Gasteiger partial charge in [0.1, 0.15) is 5.58 Å². The summed E-state index contributed by atoms with van der Waals surface area (Å²) in [7, 11) is 0. The molecule has 0 spiro atoms. The predicted molar refractivity (Wildman–Crippen MR) is 79.5 cm³/mol. The zero-order chi connectivity index (χ0) is 13.2. The van der Waals surface area contributed by atoms with Crippen molar-refractivity contribution in [3.63, 3.8) is 0 Å². The van der Waals surface area contributed by atoms with E-state index >= 15 is 0 Å². The molecule has 0 unspecified atom stereocenters. The lowest BCUT2D eigenvalue weighted by Gasteiger charge is -2.01. The van der Waals surface area contributed by atoms with Crippen LogP contribution in [0.3, 0.4) is 0 Å². The average molecular weight is 272 g/mol. The first kappa shape index (κ1) is 12.2. The number of fused-ring (bicyclic) bond motifs is 1. The van der Waals surface area contributed by atoms with Crippen LogP contribution in [0.2, 0.25) is 0 Å². The first-order valence-corrected chi connectivity index (χ1v) is 6.98. The lowest BCUT2D eigenvalue weighted by molar-refractivity contribution is 0.559. The molecular formula is C14H12N2O2S. The van der Waals surface area contributed by atoms with E-state index in [1.807, 2.05) is 31.2 Å². The SMILES string of the molecule is CC(=NC1=NCCS1)c1cc2ccccc2oc1=O. The molecule has 0 fully saturated rings. The van der Waals surface area contributed by atoms with E-state index in [0.29, 0.717) is 16.9 Å². The second-order valence-corrected chi connectivity index (χ2v) is 5.26. The maximum atomic E-state index is 12.0. The van der Waals surface area contributed by atoms with Crippen LogP contribution >= 0.6 is 11.8 Å². The van der Waals surface area contributed by atoms with Gasteiger partial charge in [-0.05, 0) is 19.1 Å². The van der Waals surface area contributed by atoms with Crippen molar-refractivity contribution in [2.75, 3.05) is 12.3 Å². The van der Waals surface area contributed by atoms with Gasteiger partial charge >= 0.3 is 5.63 Å². The molecule has 19 heavy (non-hydrogen) atoms. The van der Waals surface area contributed by atoms with Gasteiger partial charge in [-0.25, -0.2) is 9.79 Å². The molecule has 1 aliphatic rings. The van der Waals surface area contributed by atoms with Crippen molar-refractivity contribution in [1.29, 1.82) is 0 Å². The van der Waals surface area contributed by atoms with E-state index in [-0.39, 0.29) is 5.63 Å². The third kappa shape index (κ3) is 2.46. The van der Waals surface area contributed by atoms with Gasteiger partial charge in [0.05, 0.1) is 17.8 Å². The lowest BCUT2D eigenvalue weighted by Crippen LogP contribution is -2.12. The molecule has 96 valence electrons. The maximum Gasteiger partial charge on any atom is 0.345 e. The van der Waals surface area contributed by atoms with E-state index in [4.69, 9.17) is 4.42 Å². The summed E-state index contributed by atoms with van der Waals surface area (Å²) in [6.45, 7) is 2.60. The standard InChI is InChI=1S/C14H12N2O2S/c1-9(16-14-15-6-7-19-14)11-8-10-4-2-3-5-12(10)18-13(11)17/h2-5,8H,6-7H2,1H3. The Balaban J connectivity index is 2.09. The Labute approximate surface area is 114 Å². The Kier molecular flexibility index (Phi) is 3.21. The molecule has 0 aliphatic carbocycles. The van der Waals surface area contributed by atoms with Gasteiger partial charge in [0.15, 0.2) is 5.17 Å². The summed E-state index contributed by atoms with van der Waals surface area (Å²) in [4.78, 5) is 20.6. The largest absolute Gasteiger partial charge is 0.422 e. The number of nitrogens with zero attached hydrogens (tertiary/aromatic N) is 2. The van der Waals surface area contributed by atoms with Crippen molar-refractivity contribution in [2.45, 2.75) is 6.92 Å². The topological polar surface area (TPSA) is 54.9 Å². The summed E-state index contributed by atoms with van der Waals surface area (Å²) in [5.41, 5.74) is 1.38. The fourth-order valence-electron chi connectivity index (χ4n) is 1.91. The summed E-state index contributed by atoms with van der Waals surface area (Å²) in [6, 6.07) is 9.27. The zero-order valence-electron chi connectivity index (χ0n) is 10.4. The Bertz CT molecular complexity index is 746. The van der Waals surface area contributed by atoms with Crippen molar-refractivity contribution < 1.29 is 4.42 Å². The molecule has 2 aromatic rings. The minimum atomic E-state index is -0.358. The van der Waals surface area contributed by atoms with Crippen LogP contribution in [0.1, 0.15) is 12.5 Å². The van der Waals surface area contributed by atoms with Gasteiger partial charge in [0.2, 0.25) is 0 Å². The number of hydrogen-bond donors (Lipinski definition) is 0. The Morgan fingerprint density at radius 1 is 1.42 bits per heavy atom. The van der Waals surface area contributed by atoms with Gasteiger partial charge < -0.3 is 4.42 Å². The quantitative estimate of drug-likeness (QED) is 0.592. The summed E-state index contributed by atoms with van der Waals surface area (Å²) in [6.07, 6.45) is 0. The molecule has 0 atom stereocenters. The van der Waals surface area contributed by atoms with Gasteiger partial charge in [-0.3, -0.25) is 4.99 Å².